The zero-order chi connectivity index (χ0) is 20.6. The molecule has 1 aromatic heterocycles. The first kappa shape index (κ1) is 19.4. The van der Waals surface area contributed by atoms with Crippen LogP contribution in [0.3, 0.4) is 0 Å². The fraction of sp³-hybridized carbons (Fsp3) is 0.333. The molecule has 1 aliphatic carbocycles. The minimum atomic E-state index is -0.255. The molecule has 0 bridgehead atoms. The van der Waals surface area contributed by atoms with Gasteiger partial charge in [-0.25, -0.2) is 4.39 Å². The van der Waals surface area contributed by atoms with Crippen molar-refractivity contribution in [2.75, 3.05) is 5.32 Å². The van der Waals surface area contributed by atoms with Crippen LogP contribution in [0.15, 0.2) is 60.9 Å². The molecule has 0 aliphatic heterocycles. The molecule has 4 rings (SSSR count). The lowest BCUT2D eigenvalue weighted by atomic mass is 9.86. The highest BCUT2D eigenvalue weighted by atomic mass is 19.1. The van der Waals surface area contributed by atoms with Gasteiger partial charge in [0, 0.05) is 12.1 Å². The van der Waals surface area contributed by atoms with Crippen LogP contribution >= 0.6 is 0 Å². The van der Waals surface area contributed by atoms with E-state index in [0.29, 0.717) is 18.2 Å². The summed E-state index contributed by atoms with van der Waals surface area (Å²) in [5.74, 6) is 0.0830. The summed E-state index contributed by atoms with van der Waals surface area (Å²) in [7, 11) is 0. The van der Waals surface area contributed by atoms with Gasteiger partial charge in [0.2, 0.25) is 5.91 Å². The molecule has 2 atom stereocenters. The minimum absolute atomic E-state index is 0.0101. The van der Waals surface area contributed by atoms with E-state index < -0.39 is 0 Å². The number of nitrogens with one attached hydrogen (secondary N) is 1. The SMILES string of the molecule is CC(C)(C)c1ccc([C@@H]2C[C@@H]2C(=O)Nc2cnn(Cc3ccc(F)cc3)c2)cc1. The fourth-order valence-corrected chi connectivity index (χ4v) is 3.61. The van der Waals surface area contributed by atoms with Crippen molar-refractivity contribution in [2.45, 2.75) is 45.1 Å². The predicted molar refractivity (Wildman–Crippen MR) is 112 cm³/mol. The largest absolute Gasteiger partial charge is 0.323 e. The van der Waals surface area contributed by atoms with Gasteiger partial charge >= 0.3 is 0 Å². The second-order valence-electron chi connectivity index (χ2n) is 8.86. The molecule has 1 saturated carbocycles. The third-order valence-electron chi connectivity index (χ3n) is 5.49. The zero-order valence-electron chi connectivity index (χ0n) is 17.0. The van der Waals surface area contributed by atoms with E-state index in [0.717, 1.165) is 12.0 Å². The first-order valence-corrected chi connectivity index (χ1v) is 9.98. The van der Waals surface area contributed by atoms with E-state index in [9.17, 15) is 9.18 Å². The quantitative estimate of drug-likeness (QED) is 0.657. The molecule has 0 saturated heterocycles. The maximum Gasteiger partial charge on any atom is 0.228 e. The number of anilines is 1. The Morgan fingerprint density at radius 3 is 2.48 bits per heavy atom. The predicted octanol–water partition coefficient (Wildman–Crippen LogP) is 5.11. The molecule has 150 valence electrons. The highest BCUT2D eigenvalue weighted by molar-refractivity contribution is 5.95. The fourth-order valence-electron chi connectivity index (χ4n) is 3.61. The monoisotopic (exact) mass is 391 g/mol. The Labute approximate surface area is 170 Å². The van der Waals surface area contributed by atoms with Crippen LogP contribution in [-0.4, -0.2) is 15.7 Å². The van der Waals surface area contributed by atoms with E-state index in [1.54, 1.807) is 29.2 Å². The molecule has 1 heterocycles. The second kappa shape index (κ2) is 7.47. The van der Waals surface area contributed by atoms with Gasteiger partial charge in [-0.2, -0.15) is 5.10 Å². The van der Waals surface area contributed by atoms with Gasteiger partial charge in [0.1, 0.15) is 5.82 Å². The van der Waals surface area contributed by atoms with Gasteiger partial charge < -0.3 is 5.32 Å². The Bertz CT molecular complexity index is 1000. The number of rotatable bonds is 5. The molecule has 1 aliphatic rings. The van der Waals surface area contributed by atoms with Crippen molar-refractivity contribution >= 4 is 11.6 Å². The molecular formula is C24H26FN3O. The van der Waals surface area contributed by atoms with Crippen LogP contribution < -0.4 is 5.32 Å². The number of carbonyl (C=O) groups excluding carboxylic acids is 1. The third kappa shape index (κ3) is 4.56. The van der Waals surface area contributed by atoms with Gasteiger partial charge in [0.05, 0.1) is 18.4 Å². The molecule has 3 aromatic rings. The van der Waals surface area contributed by atoms with Crippen molar-refractivity contribution in [1.29, 1.82) is 0 Å². The van der Waals surface area contributed by atoms with Gasteiger partial charge in [-0.15, -0.1) is 0 Å². The van der Waals surface area contributed by atoms with Crippen LogP contribution in [0.25, 0.3) is 0 Å². The average Bonchev–Trinajstić information content (AvgIpc) is 3.38. The maximum atomic E-state index is 13.0. The van der Waals surface area contributed by atoms with Crippen molar-refractivity contribution in [1.82, 2.24) is 9.78 Å². The standard InChI is InChI=1S/C24H26FN3O/c1-24(2,3)18-8-6-17(7-9-18)21-12-22(21)23(29)27-20-13-26-28(15-20)14-16-4-10-19(25)11-5-16/h4-11,13,15,21-22H,12,14H2,1-3H3,(H,27,29)/t21-,22-/m0/s1. The van der Waals surface area contributed by atoms with Crippen LogP contribution in [0.2, 0.25) is 0 Å². The van der Waals surface area contributed by atoms with E-state index in [-0.39, 0.29) is 23.1 Å². The summed E-state index contributed by atoms with van der Waals surface area (Å²) in [6.07, 6.45) is 4.33. The molecule has 1 N–H and O–H groups in total. The Morgan fingerprint density at radius 1 is 1.14 bits per heavy atom. The Kier molecular flexibility index (Phi) is 4.99. The van der Waals surface area contributed by atoms with Gasteiger partial charge in [-0.05, 0) is 46.6 Å². The van der Waals surface area contributed by atoms with Crippen molar-refractivity contribution in [3.8, 4) is 0 Å². The van der Waals surface area contributed by atoms with Crippen molar-refractivity contribution < 1.29 is 9.18 Å². The molecule has 0 spiro atoms. The molecule has 1 amide bonds. The van der Waals surface area contributed by atoms with E-state index >= 15 is 0 Å². The van der Waals surface area contributed by atoms with Crippen LogP contribution in [0.4, 0.5) is 10.1 Å². The minimum Gasteiger partial charge on any atom is -0.323 e. The second-order valence-corrected chi connectivity index (χ2v) is 8.86. The lowest BCUT2D eigenvalue weighted by Gasteiger charge is -2.19. The summed E-state index contributed by atoms with van der Waals surface area (Å²) in [5.41, 5.74) is 4.30. The number of hydrogen-bond acceptors (Lipinski definition) is 2. The van der Waals surface area contributed by atoms with Crippen LogP contribution in [-0.2, 0) is 16.8 Å². The molecule has 0 radical (unpaired) electrons. The van der Waals surface area contributed by atoms with Gasteiger partial charge in [0.15, 0.2) is 0 Å². The van der Waals surface area contributed by atoms with Crippen molar-refractivity contribution in [2.24, 2.45) is 5.92 Å². The van der Waals surface area contributed by atoms with E-state index in [2.05, 4.69) is 55.5 Å². The van der Waals surface area contributed by atoms with Gasteiger partial charge in [-0.1, -0.05) is 57.2 Å². The third-order valence-corrected chi connectivity index (χ3v) is 5.49. The van der Waals surface area contributed by atoms with Crippen molar-refractivity contribution in [3.05, 3.63) is 83.4 Å². The molecule has 4 nitrogen and oxygen atoms in total. The summed E-state index contributed by atoms with van der Waals surface area (Å²) in [6.45, 7) is 7.13. The normalized spacial score (nSPS) is 18.5. The highest BCUT2D eigenvalue weighted by Crippen LogP contribution is 2.48. The van der Waals surface area contributed by atoms with Gasteiger partial charge in [-0.3, -0.25) is 9.48 Å². The van der Waals surface area contributed by atoms with E-state index in [4.69, 9.17) is 0 Å². The summed E-state index contributed by atoms with van der Waals surface area (Å²) in [6, 6.07) is 15.0. The number of hydrogen-bond donors (Lipinski definition) is 1. The summed E-state index contributed by atoms with van der Waals surface area (Å²) in [5, 5.41) is 7.26. The number of aromatic nitrogens is 2. The summed E-state index contributed by atoms with van der Waals surface area (Å²) < 4.78 is 14.7. The van der Waals surface area contributed by atoms with E-state index in [1.165, 1.54) is 23.3 Å². The molecule has 0 unspecified atom stereocenters. The Hall–Kier alpha value is -2.95. The topological polar surface area (TPSA) is 46.9 Å². The lowest BCUT2D eigenvalue weighted by molar-refractivity contribution is -0.117. The molecule has 2 aromatic carbocycles. The maximum absolute atomic E-state index is 13.0. The van der Waals surface area contributed by atoms with Crippen LogP contribution in [0.5, 0.6) is 0 Å². The lowest BCUT2D eigenvalue weighted by Crippen LogP contribution is -2.14. The highest BCUT2D eigenvalue weighted by Gasteiger charge is 2.44. The number of amides is 1. The van der Waals surface area contributed by atoms with Crippen LogP contribution in [0, 0.1) is 11.7 Å². The summed E-state index contributed by atoms with van der Waals surface area (Å²) in [4.78, 5) is 12.6. The number of halogens is 1. The van der Waals surface area contributed by atoms with Crippen molar-refractivity contribution in [3.63, 3.8) is 0 Å². The Morgan fingerprint density at radius 2 is 1.83 bits per heavy atom. The zero-order valence-corrected chi connectivity index (χ0v) is 17.0. The average molecular weight is 391 g/mol. The van der Waals surface area contributed by atoms with Gasteiger partial charge in [0.25, 0.3) is 0 Å². The molecule has 5 heteroatoms. The summed E-state index contributed by atoms with van der Waals surface area (Å²) >= 11 is 0. The first-order chi connectivity index (χ1) is 13.8. The van der Waals surface area contributed by atoms with E-state index in [1.807, 2.05) is 0 Å². The first-order valence-electron chi connectivity index (χ1n) is 9.98. The Balaban J connectivity index is 1.34. The molecule has 29 heavy (non-hydrogen) atoms. The smallest absolute Gasteiger partial charge is 0.228 e. The molecular weight excluding hydrogens is 365 g/mol. The number of benzene rings is 2. The number of nitrogens with zero attached hydrogens (tertiary/aromatic N) is 2. The number of carbonyl (C=O) groups is 1. The molecule has 1 fully saturated rings. The van der Waals surface area contributed by atoms with Crippen LogP contribution in [0.1, 0.15) is 49.8 Å².